The summed E-state index contributed by atoms with van der Waals surface area (Å²) < 4.78 is 62.5. The van der Waals surface area contributed by atoms with E-state index < -0.39 is 39.7 Å². The molecule has 0 heterocycles. The maximum absolute atomic E-state index is 11.5. The van der Waals surface area contributed by atoms with E-state index in [-0.39, 0.29) is 21.2 Å². The Balaban J connectivity index is 2.77. The molecule has 0 atom stereocenters. The number of hydrogen-bond donors (Lipinski definition) is 2. The first-order valence-corrected chi connectivity index (χ1v) is 11.5. The Labute approximate surface area is 180 Å². The van der Waals surface area contributed by atoms with Gasteiger partial charge in [0.25, 0.3) is 20.2 Å². The lowest BCUT2D eigenvalue weighted by molar-refractivity contribution is 0.481. The van der Waals surface area contributed by atoms with E-state index in [0.29, 0.717) is 0 Å². The molecule has 13 heteroatoms. The molecule has 27 heavy (non-hydrogen) atoms. The highest BCUT2D eigenvalue weighted by molar-refractivity contribution is 7.86. The Bertz CT molecular complexity index is 1010. The number of halogens is 5. The van der Waals surface area contributed by atoms with Gasteiger partial charge in [-0.25, -0.2) is 0 Å². The Morgan fingerprint density at radius 3 is 1.33 bits per heavy atom. The summed E-state index contributed by atoms with van der Waals surface area (Å²) in [6, 6.07) is 7.00. The van der Waals surface area contributed by atoms with Crippen LogP contribution >= 0.6 is 58.0 Å². The molecule has 0 aromatic heterocycles. The third-order valence-electron chi connectivity index (χ3n) is 3.46. The lowest BCUT2D eigenvalue weighted by Crippen LogP contribution is -2.19. The van der Waals surface area contributed by atoms with Gasteiger partial charge in [0.05, 0.1) is 16.0 Å². The first-order valence-electron chi connectivity index (χ1n) is 6.73. The molecule has 148 valence electrons. The Hall–Kier alpha value is -0.290. The van der Waals surface area contributed by atoms with E-state index in [1.54, 1.807) is 0 Å². The van der Waals surface area contributed by atoms with Gasteiger partial charge in [0.2, 0.25) is 3.79 Å². The van der Waals surface area contributed by atoms with Crippen molar-refractivity contribution in [3.05, 3.63) is 57.6 Å². The molecule has 0 unspecified atom stereocenters. The highest BCUT2D eigenvalue weighted by atomic mass is 35.6. The van der Waals surface area contributed by atoms with Crippen molar-refractivity contribution in [1.29, 1.82) is 0 Å². The van der Waals surface area contributed by atoms with Crippen molar-refractivity contribution in [2.45, 2.75) is 19.5 Å². The number of benzene rings is 2. The molecule has 6 nitrogen and oxygen atoms in total. The van der Waals surface area contributed by atoms with E-state index in [1.165, 1.54) is 24.3 Å². The van der Waals surface area contributed by atoms with Crippen molar-refractivity contribution in [2.75, 3.05) is 0 Å². The van der Waals surface area contributed by atoms with Gasteiger partial charge in [0, 0.05) is 0 Å². The zero-order chi connectivity index (χ0) is 20.8. The Morgan fingerprint density at radius 1 is 0.741 bits per heavy atom. The maximum Gasteiger partial charge on any atom is 0.296 e. The lowest BCUT2D eigenvalue weighted by Gasteiger charge is -2.26. The van der Waals surface area contributed by atoms with E-state index in [2.05, 4.69) is 0 Å². The highest BCUT2D eigenvalue weighted by Crippen LogP contribution is 2.47. The summed E-state index contributed by atoms with van der Waals surface area (Å²) in [5.41, 5.74) is 0.186. The van der Waals surface area contributed by atoms with Crippen LogP contribution in [0.3, 0.4) is 0 Å². The first kappa shape index (κ1) is 23.0. The predicted molar refractivity (Wildman–Crippen MR) is 105 cm³/mol. The quantitative estimate of drug-likeness (QED) is 0.440. The second kappa shape index (κ2) is 7.85. The van der Waals surface area contributed by atoms with Crippen LogP contribution < -0.4 is 0 Å². The van der Waals surface area contributed by atoms with E-state index in [0.717, 1.165) is 12.1 Å². The predicted octanol–water partition coefficient (Wildman–Crippen LogP) is 4.99. The van der Waals surface area contributed by atoms with Crippen LogP contribution in [0.1, 0.15) is 17.0 Å². The van der Waals surface area contributed by atoms with Crippen LogP contribution in [0.2, 0.25) is 10.0 Å². The second-order valence-corrected chi connectivity index (χ2v) is 11.3. The van der Waals surface area contributed by atoms with E-state index >= 15 is 0 Å². The van der Waals surface area contributed by atoms with Gasteiger partial charge in [0.1, 0.15) is 9.79 Å². The van der Waals surface area contributed by atoms with Crippen LogP contribution in [0.4, 0.5) is 0 Å². The Morgan fingerprint density at radius 2 is 1.07 bits per heavy atom. The molecular weight excluding hydrogens is 506 g/mol. The second-order valence-electron chi connectivity index (χ2n) is 5.30. The fourth-order valence-electron chi connectivity index (χ4n) is 2.36. The average Bonchev–Trinajstić information content (AvgIpc) is 2.47. The van der Waals surface area contributed by atoms with Crippen molar-refractivity contribution >= 4 is 78.2 Å². The van der Waals surface area contributed by atoms with Gasteiger partial charge in [-0.05, 0) is 35.4 Å². The minimum atomic E-state index is -4.67. The monoisotopic (exact) mass is 512 g/mol. The van der Waals surface area contributed by atoms with Crippen molar-refractivity contribution in [3.8, 4) is 0 Å². The first-order chi connectivity index (χ1) is 12.1. The molecule has 0 saturated carbocycles. The molecule has 2 N–H and O–H groups in total. The summed E-state index contributed by atoms with van der Waals surface area (Å²) in [7, 11) is -9.35. The van der Waals surface area contributed by atoms with Crippen LogP contribution in [-0.4, -0.2) is 29.7 Å². The fraction of sp³-hybridized carbons (Fsp3) is 0.143. The van der Waals surface area contributed by atoms with Gasteiger partial charge in [-0.2, -0.15) is 16.8 Å². The van der Waals surface area contributed by atoms with Crippen molar-refractivity contribution in [1.82, 2.24) is 0 Å². The van der Waals surface area contributed by atoms with Crippen LogP contribution in [0.15, 0.2) is 46.2 Å². The van der Waals surface area contributed by atoms with E-state index in [9.17, 15) is 25.9 Å². The van der Waals surface area contributed by atoms with Crippen molar-refractivity contribution in [2.24, 2.45) is 0 Å². The fourth-order valence-corrected chi connectivity index (χ4v) is 5.14. The highest BCUT2D eigenvalue weighted by Gasteiger charge is 2.37. The smallest absolute Gasteiger partial charge is 0.282 e. The lowest BCUT2D eigenvalue weighted by atomic mass is 9.92. The van der Waals surface area contributed by atoms with Gasteiger partial charge >= 0.3 is 0 Å². The molecule has 0 radical (unpaired) electrons. The van der Waals surface area contributed by atoms with Crippen LogP contribution in [0, 0.1) is 0 Å². The zero-order valence-electron chi connectivity index (χ0n) is 12.8. The van der Waals surface area contributed by atoms with Gasteiger partial charge < -0.3 is 0 Å². The molecular formula is C14H9Cl5O6S2. The third-order valence-corrected chi connectivity index (χ3v) is 6.79. The minimum absolute atomic E-state index is 0.0932. The molecule has 0 aliphatic carbocycles. The standard InChI is InChI=1S/C14H9Cl5O6S2/c15-9-3-1-7(5-11(9)26(20,21)22)13(14(17,18)19)8-2-4-10(16)12(6-8)27(23,24)25/h1-6,13H,(H,20,21,22)(H,23,24,25). The zero-order valence-corrected chi connectivity index (χ0v) is 18.2. The van der Waals surface area contributed by atoms with Crippen LogP contribution in [0.25, 0.3) is 0 Å². The number of alkyl halides is 3. The topological polar surface area (TPSA) is 109 Å². The minimum Gasteiger partial charge on any atom is -0.282 e. The van der Waals surface area contributed by atoms with Gasteiger partial charge in [0.15, 0.2) is 0 Å². The molecule has 2 rings (SSSR count). The average molecular weight is 515 g/mol. The van der Waals surface area contributed by atoms with Crippen molar-refractivity contribution < 1.29 is 25.9 Å². The molecule has 0 fully saturated rings. The number of rotatable bonds is 4. The molecule has 0 bridgehead atoms. The van der Waals surface area contributed by atoms with E-state index in [1.807, 2.05) is 0 Å². The Kier molecular flexibility index (Phi) is 6.69. The van der Waals surface area contributed by atoms with Gasteiger partial charge in [-0.1, -0.05) is 70.1 Å². The molecule has 0 spiro atoms. The molecule has 2 aromatic rings. The van der Waals surface area contributed by atoms with Crippen LogP contribution in [-0.2, 0) is 20.2 Å². The summed E-state index contributed by atoms with van der Waals surface area (Å²) >= 11 is 29.6. The molecule has 0 aliphatic heterocycles. The largest absolute Gasteiger partial charge is 0.296 e. The molecule has 2 aromatic carbocycles. The SMILES string of the molecule is O=S(=O)(O)c1cc(C(c2ccc(Cl)c(S(=O)(=O)O)c2)C(Cl)(Cl)Cl)ccc1Cl. The summed E-state index contributed by atoms with van der Waals surface area (Å²) in [4.78, 5) is -1.24. The summed E-state index contributed by atoms with van der Waals surface area (Å²) in [6.45, 7) is 0. The summed E-state index contributed by atoms with van der Waals surface area (Å²) in [5.74, 6) is -1.20. The summed E-state index contributed by atoms with van der Waals surface area (Å²) in [5, 5.41) is -0.530. The third kappa shape index (κ3) is 5.41. The maximum atomic E-state index is 11.5. The van der Waals surface area contributed by atoms with Crippen molar-refractivity contribution in [3.63, 3.8) is 0 Å². The van der Waals surface area contributed by atoms with E-state index in [4.69, 9.17) is 58.0 Å². The molecule has 0 aliphatic rings. The summed E-state index contributed by atoms with van der Waals surface area (Å²) in [6.07, 6.45) is 0. The number of hydrogen-bond acceptors (Lipinski definition) is 4. The molecule has 0 saturated heterocycles. The molecule has 0 amide bonds. The normalized spacial score (nSPS) is 13.2. The van der Waals surface area contributed by atoms with Gasteiger partial charge in [-0.15, -0.1) is 0 Å². The van der Waals surface area contributed by atoms with Gasteiger partial charge in [-0.3, -0.25) is 9.11 Å². The van der Waals surface area contributed by atoms with Crippen LogP contribution in [0.5, 0.6) is 0 Å².